The van der Waals surface area contributed by atoms with Crippen LogP contribution in [0.25, 0.3) is 0 Å². The van der Waals surface area contributed by atoms with Crippen LogP contribution >= 0.6 is 11.3 Å². The molecule has 0 aliphatic carbocycles. The van der Waals surface area contributed by atoms with E-state index in [9.17, 15) is 13.2 Å². The van der Waals surface area contributed by atoms with Crippen molar-refractivity contribution in [2.75, 3.05) is 12.4 Å². The van der Waals surface area contributed by atoms with Gasteiger partial charge in [0.15, 0.2) is 9.34 Å². The molecule has 0 fully saturated rings. The van der Waals surface area contributed by atoms with Gasteiger partial charge in [-0.2, -0.15) is 0 Å². The molecule has 9 heteroatoms. The third kappa shape index (κ3) is 4.03. The zero-order chi connectivity index (χ0) is 16.2. The fraction of sp³-hybridized carbons (Fsp3) is 0.231. The molecule has 1 aromatic heterocycles. The predicted octanol–water partition coefficient (Wildman–Crippen LogP) is 1.59. The van der Waals surface area contributed by atoms with Gasteiger partial charge in [-0.05, 0) is 6.07 Å². The maximum Gasteiger partial charge on any atom is 0.252 e. The third-order valence-corrected chi connectivity index (χ3v) is 5.45. The number of amides is 1. The predicted molar refractivity (Wildman–Crippen MR) is 83.4 cm³/mol. The Balaban J connectivity index is 2.11. The number of rotatable bonds is 6. The van der Waals surface area contributed by atoms with Crippen LogP contribution in [0.15, 0.2) is 34.7 Å². The highest BCUT2D eigenvalue weighted by Gasteiger charge is 2.18. The maximum atomic E-state index is 12.2. The van der Waals surface area contributed by atoms with Crippen molar-refractivity contribution in [1.82, 2.24) is 9.71 Å². The number of hydrogen-bond acceptors (Lipinski definition) is 6. The molecule has 0 unspecified atom stereocenters. The molecule has 22 heavy (non-hydrogen) atoms. The molecule has 1 aromatic carbocycles. The first-order chi connectivity index (χ1) is 10.4. The van der Waals surface area contributed by atoms with Crippen molar-refractivity contribution >= 4 is 32.4 Å². The van der Waals surface area contributed by atoms with Gasteiger partial charge in [0, 0.05) is 19.0 Å². The van der Waals surface area contributed by atoms with E-state index in [0.717, 1.165) is 16.9 Å². The Bertz CT molecular complexity index is 771. The normalized spacial score (nSPS) is 11.2. The minimum Gasteiger partial charge on any atom is -0.496 e. The summed E-state index contributed by atoms with van der Waals surface area (Å²) >= 11 is 0.888. The third-order valence-electron chi connectivity index (χ3n) is 2.68. The lowest BCUT2D eigenvalue weighted by Crippen LogP contribution is -2.22. The van der Waals surface area contributed by atoms with Crippen molar-refractivity contribution in [3.63, 3.8) is 0 Å². The van der Waals surface area contributed by atoms with Crippen molar-refractivity contribution in [1.29, 1.82) is 0 Å². The van der Waals surface area contributed by atoms with Gasteiger partial charge < -0.3 is 10.1 Å². The summed E-state index contributed by atoms with van der Waals surface area (Å²) in [4.78, 5) is 14.8. The Morgan fingerprint density at radius 3 is 2.77 bits per heavy atom. The number of nitrogens with one attached hydrogen (secondary N) is 2. The molecule has 1 heterocycles. The van der Waals surface area contributed by atoms with E-state index >= 15 is 0 Å². The topological polar surface area (TPSA) is 97.4 Å². The SMILES string of the molecule is COc1ccccc1CNS(=O)(=O)c1cnc(NC(C)=O)s1. The highest BCUT2D eigenvalue weighted by atomic mass is 32.2. The molecule has 0 radical (unpaired) electrons. The molecule has 0 bridgehead atoms. The lowest BCUT2D eigenvalue weighted by molar-refractivity contribution is -0.114. The van der Waals surface area contributed by atoms with Gasteiger partial charge in [0.1, 0.15) is 5.75 Å². The fourth-order valence-corrected chi connectivity index (χ4v) is 3.81. The van der Waals surface area contributed by atoms with Gasteiger partial charge in [0.25, 0.3) is 10.0 Å². The van der Waals surface area contributed by atoms with Crippen LogP contribution in [0.3, 0.4) is 0 Å². The zero-order valence-corrected chi connectivity index (χ0v) is 13.6. The minimum atomic E-state index is -3.70. The van der Waals surface area contributed by atoms with E-state index in [4.69, 9.17) is 4.74 Å². The van der Waals surface area contributed by atoms with Gasteiger partial charge in [-0.25, -0.2) is 18.1 Å². The first-order valence-electron chi connectivity index (χ1n) is 6.27. The van der Waals surface area contributed by atoms with Gasteiger partial charge in [-0.3, -0.25) is 4.79 Å². The number of benzene rings is 1. The number of anilines is 1. The number of carbonyl (C=O) groups excluding carboxylic acids is 1. The van der Waals surface area contributed by atoms with E-state index in [0.29, 0.717) is 5.75 Å². The fourth-order valence-electron chi connectivity index (χ4n) is 1.68. The standard InChI is InChI=1S/C13H15N3O4S2/c1-9(17)16-13-14-8-12(21-13)22(18,19)15-7-10-5-3-4-6-11(10)20-2/h3-6,8,15H,7H2,1-2H3,(H,14,16,17). The van der Waals surface area contributed by atoms with Crippen molar-refractivity contribution in [3.8, 4) is 5.75 Å². The van der Waals surface area contributed by atoms with E-state index < -0.39 is 10.0 Å². The molecule has 7 nitrogen and oxygen atoms in total. The highest BCUT2D eigenvalue weighted by Crippen LogP contribution is 2.23. The second-order valence-corrected chi connectivity index (χ2v) is 7.33. The van der Waals surface area contributed by atoms with E-state index in [1.165, 1.54) is 20.2 Å². The number of carbonyl (C=O) groups is 1. The summed E-state index contributed by atoms with van der Waals surface area (Å²) in [5, 5.41) is 2.69. The first-order valence-corrected chi connectivity index (χ1v) is 8.57. The zero-order valence-electron chi connectivity index (χ0n) is 12.0. The summed E-state index contributed by atoms with van der Waals surface area (Å²) in [5.41, 5.74) is 0.722. The highest BCUT2D eigenvalue weighted by molar-refractivity contribution is 7.91. The second kappa shape index (κ2) is 6.86. The Morgan fingerprint density at radius 1 is 1.36 bits per heavy atom. The van der Waals surface area contributed by atoms with Crippen molar-refractivity contribution in [2.45, 2.75) is 17.7 Å². The van der Waals surface area contributed by atoms with Crippen molar-refractivity contribution in [3.05, 3.63) is 36.0 Å². The van der Waals surface area contributed by atoms with Crippen molar-refractivity contribution in [2.24, 2.45) is 0 Å². The molecule has 1 amide bonds. The largest absolute Gasteiger partial charge is 0.496 e. The molecule has 0 atom stereocenters. The summed E-state index contributed by atoms with van der Waals surface area (Å²) in [6.07, 6.45) is 1.21. The smallest absolute Gasteiger partial charge is 0.252 e. The van der Waals surface area contributed by atoms with Crippen LogP contribution in [-0.4, -0.2) is 26.4 Å². The molecule has 2 aromatic rings. The number of sulfonamides is 1. The Labute approximate surface area is 132 Å². The van der Waals surface area contributed by atoms with E-state index in [1.54, 1.807) is 24.3 Å². The van der Waals surface area contributed by atoms with Crippen molar-refractivity contribution < 1.29 is 17.9 Å². The first kappa shape index (κ1) is 16.4. The Morgan fingerprint density at radius 2 is 2.09 bits per heavy atom. The lowest BCUT2D eigenvalue weighted by atomic mass is 10.2. The number of aromatic nitrogens is 1. The van der Waals surface area contributed by atoms with Crippen LogP contribution in [0.2, 0.25) is 0 Å². The number of hydrogen-bond donors (Lipinski definition) is 2. The van der Waals surface area contributed by atoms with Gasteiger partial charge in [-0.15, -0.1) is 0 Å². The van der Waals surface area contributed by atoms with E-state index in [2.05, 4.69) is 15.0 Å². The van der Waals surface area contributed by atoms with Gasteiger partial charge in [0.05, 0.1) is 13.3 Å². The molecule has 0 saturated carbocycles. The van der Waals surface area contributed by atoms with Crippen LogP contribution in [0.5, 0.6) is 5.75 Å². The van der Waals surface area contributed by atoms with Crippen LogP contribution in [0.4, 0.5) is 5.13 Å². The summed E-state index contributed by atoms with van der Waals surface area (Å²) in [6, 6.07) is 7.13. The summed E-state index contributed by atoms with van der Waals surface area (Å²) in [7, 11) is -2.18. The minimum absolute atomic E-state index is 0.0335. The number of nitrogens with zero attached hydrogens (tertiary/aromatic N) is 1. The van der Waals surface area contributed by atoms with Gasteiger partial charge in [0.2, 0.25) is 5.91 Å². The Hall–Kier alpha value is -1.97. The van der Waals surface area contributed by atoms with Crippen LogP contribution in [0.1, 0.15) is 12.5 Å². The number of thiazole rings is 1. The van der Waals surface area contributed by atoms with E-state index in [1.807, 2.05) is 0 Å². The molecule has 2 N–H and O–H groups in total. The number of para-hydroxylation sites is 1. The van der Waals surface area contributed by atoms with Gasteiger partial charge >= 0.3 is 0 Å². The average Bonchev–Trinajstić information content (AvgIpc) is 2.94. The quantitative estimate of drug-likeness (QED) is 0.831. The second-order valence-electron chi connectivity index (χ2n) is 4.30. The molecule has 0 aliphatic rings. The van der Waals surface area contributed by atoms with E-state index in [-0.39, 0.29) is 21.8 Å². The van der Waals surface area contributed by atoms with Crippen LogP contribution in [0, 0.1) is 0 Å². The molecule has 118 valence electrons. The summed E-state index contributed by atoms with van der Waals surface area (Å²) < 4.78 is 32.1. The van der Waals surface area contributed by atoms with Crippen LogP contribution < -0.4 is 14.8 Å². The summed E-state index contributed by atoms with van der Waals surface area (Å²) in [6.45, 7) is 1.43. The summed E-state index contributed by atoms with van der Waals surface area (Å²) in [5.74, 6) is 0.300. The monoisotopic (exact) mass is 341 g/mol. The molecule has 0 spiro atoms. The number of methoxy groups -OCH3 is 1. The lowest BCUT2D eigenvalue weighted by Gasteiger charge is -2.08. The molecular weight excluding hydrogens is 326 g/mol. The maximum absolute atomic E-state index is 12.2. The average molecular weight is 341 g/mol. The Kier molecular flexibility index (Phi) is 5.11. The molecule has 0 aliphatic heterocycles. The molecular formula is C13H15N3O4S2. The van der Waals surface area contributed by atoms with Gasteiger partial charge in [-0.1, -0.05) is 29.5 Å². The number of ether oxygens (including phenoxy) is 1. The molecule has 2 rings (SSSR count). The molecule has 0 saturated heterocycles. The van der Waals surface area contributed by atoms with Crippen LogP contribution in [-0.2, 0) is 21.4 Å².